The smallest absolute Gasteiger partial charge is 0.240 e. The van der Waals surface area contributed by atoms with Gasteiger partial charge in [-0.05, 0) is 13.3 Å². The highest BCUT2D eigenvalue weighted by atomic mass is 79.9. The van der Waals surface area contributed by atoms with Crippen molar-refractivity contribution >= 4 is 15.9 Å². The van der Waals surface area contributed by atoms with Crippen LogP contribution < -0.4 is 0 Å². The molecule has 1 aromatic carbocycles. The predicted molar refractivity (Wildman–Crippen MR) is 66.4 cm³/mol. The van der Waals surface area contributed by atoms with Crippen LogP contribution in [0.5, 0.6) is 0 Å². The molecule has 0 bridgehead atoms. The van der Waals surface area contributed by atoms with Crippen LogP contribution in [0, 0.1) is 6.92 Å². The van der Waals surface area contributed by atoms with Crippen molar-refractivity contribution in [3.8, 4) is 11.4 Å². The molecule has 0 fully saturated rings. The Bertz CT molecular complexity index is 464. The van der Waals surface area contributed by atoms with Gasteiger partial charge in [0.1, 0.15) is 0 Å². The molecular formula is C12H13BrN2O. The summed E-state index contributed by atoms with van der Waals surface area (Å²) in [6, 6.07) is 8.08. The number of aryl methyl sites for hydroxylation is 1. The van der Waals surface area contributed by atoms with Gasteiger partial charge in [0.2, 0.25) is 11.7 Å². The minimum absolute atomic E-state index is 0.138. The van der Waals surface area contributed by atoms with E-state index in [0.717, 1.165) is 12.0 Å². The van der Waals surface area contributed by atoms with Crippen molar-refractivity contribution in [3.63, 3.8) is 0 Å². The maximum absolute atomic E-state index is 5.19. The fourth-order valence-corrected chi connectivity index (χ4v) is 1.54. The molecule has 16 heavy (non-hydrogen) atoms. The first-order valence-corrected chi connectivity index (χ1v) is 6.17. The van der Waals surface area contributed by atoms with Crippen LogP contribution in [0.4, 0.5) is 0 Å². The van der Waals surface area contributed by atoms with Crippen molar-refractivity contribution in [3.05, 3.63) is 35.7 Å². The molecule has 0 saturated carbocycles. The first kappa shape index (κ1) is 11.3. The summed E-state index contributed by atoms with van der Waals surface area (Å²) in [4.78, 5) is 4.49. The van der Waals surface area contributed by atoms with Gasteiger partial charge >= 0.3 is 0 Å². The van der Waals surface area contributed by atoms with Gasteiger partial charge in [-0.3, -0.25) is 0 Å². The zero-order valence-electron chi connectivity index (χ0n) is 9.27. The van der Waals surface area contributed by atoms with Gasteiger partial charge in [0.25, 0.3) is 0 Å². The van der Waals surface area contributed by atoms with Crippen LogP contribution in [0.1, 0.15) is 29.6 Å². The van der Waals surface area contributed by atoms with Crippen LogP contribution in [0.2, 0.25) is 0 Å². The van der Waals surface area contributed by atoms with E-state index in [1.54, 1.807) is 0 Å². The molecule has 4 heteroatoms. The minimum atomic E-state index is 0.138. The molecule has 3 nitrogen and oxygen atoms in total. The highest BCUT2D eigenvalue weighted by Gasteiger charge is 2.14. The second kappa shape index (κ2) is 4.78. The van der Waals surface area contributed by atoms with E-state index in [4.69, 9.17) is 4.52 Å². The molecule has 84 valence electrons. The zero-order chi connectivity index (χ0) is 11.5. The SMILES string of the molecule is CCC(Br)c1nc(-c2ccc(C)cc2)no1. The molecule has 0 amide bonds. The highest BCUT2D eigenvalue weighted by molar-refractivity contribution is 9.09. The van der Waals surface area contributed by atoms with Crippen molar-refractivity contribution < 1.29 is 4.52 Å². The highest BCUT2D eigenvalue weighted by Crippen LogP contribution is 2.26. The largest absolute Gasteiger partial charge is 0.338 e. The molecule has 1 atom stereocenters. The van der Waals surface area contributed by atoms with Gasteiger partial charge in [-0.1, -0.05) is 57.8 Å². The number of rotatable bonds is 3. The fraction of sp³-hybridized carbons (Fsp3) is 0.333. The van der Waals surface area contributed by atoms with E-state index in [2.05, 4.69) is 39.9 Å². The minimum Gasteiger partial charge on any atom is -0.338 e. The topological polar surface area (TPSA) is 38.9 Å². The third-order valence-corrected chi connectivity index (χ3v) is 3.42. The Morgan fingerprint density at radius 2 is 2.00 bits per heavy atom. The number of aromatic nitrogens is 2. The van der Waals surface area contributed by atoms with E-state index in [9.17, 15) is 0 Å². The van der Waals surface area contributed by atoms with Gasteiger partial charge in [0.15, 0.2) is 0 Å². The summed E-state index contributed by atoms with van der Waals surface area (Å²) in [6.45, 7) is 4.12. The van der Waals surface area contributed by atoms with Crippen LogP contribution in [-0.4, -0.2) is 10.1 Å². The Morgan fingerprint density at radius 1 is 1.31 bits per heavy atom. The molecule has 0 radical (unpaired) electrons. The van der Waals surface area contributed by atoms with Gasteiger partial charge in [0, 0.05) is 5.56 Å². The second-order valence-electron chi connectivity index (χ2n) is 3.70. The number of nitrogens with zero attached hydrogens (tertiary/aromatic N) is 2. The molecule has 0 N–H and O–H groups in total. The van der Waals surface area contributed by atoms with E-state index in [-0.39, 0.29) is 4.83 Å². The third-order valence-electron chi connectivity index (χ3n) is 2.38. The van der Waals surface area contributed by atoms with Crippen molar-refractivity contribution in [2.45, 2.75) is 25.1 Å². The summed E-state index contributed by atoms with van der Waals surface area (Å²) < 4.78 is 5.19. The lowest BCUT2D eigenvalue weighted by molar-refractivity contribution is 0.377. The Kier molecular flexibility index (Phi) is 3.39. The number of hydrogen-bond acceptors (Lipinski definition) is 3. The first-order chi connectivity index (χ1) is 7.70. The zero-order valence-corrected chi connectivity index (χ0v) is 10.9. The molecule has 0 aliphatic heterocycles. The normalized spacial score (nSPS) is 12.7. The van der Waals surface area contributed by atoms with E-state index in [0.29, 0.717) is 11.7 Å². The maximum atomic E-state index is 5.19. The molecule has 0 spiro atoms. The molecule has 1 heterocycles. The number of benzene rings is 1. The summed E-state index contributed by atoms with van der Waals surface area (Å²) in [6.07, 6.45) is 0.926. The van der Waals surface area contributed by atoms with E-state index >= 15 is 0 Å². The molecule has 0 saturated heterocycles. The van der Waals surface area contributed by atoms with Crippen molar-refractivity contribution in [2.75, 3.05) is 0 Å². The lowest BCUT2D eigenvalue weighted by Gasteiger charge is -1.97. The lowest BCUT2D eigenvalue weighted by Crippen LogP contribution is -1.87. The van der Waals surface area contributed by atoms with Gasteiger partial charge in [-0.25, -0.2) is 0 Å². The van der Waals surface area contributed by atoms with Crippen molar-refractivity contribution in [2.24, 2.45) is 0 Å². The summed E-state index contributed by atoms with van der Waals surface area (Å²) in [5, 5.41) is 3.97. The van der Waals surface area contributed by atoms with E-state index in [1.165, 1.54) is 5.56 Å². The average Bonchev–Trinajstić information content (AvgIpc) is 2.78. The summed E-state index contributed by atoms with van der Waals surface area (Å²) >= 11 is 3.49. The lowest BCUT2D eigenvalue weighted by atomic mass is 10.1. The number of alkyl halides is 1. The number of halogens is 1. The predicted octanol–water partition coefficient (Wildman–Crippen LogP) is 3.89. The standard InChI is InChI=1S/C12H13BrN2O/c1-3-10(13)12-14-11(15-16-12)9-6-4-8(2)5-7-9/h4-7,10H,3H2,1-2H3. The summed E-state index contributed by atoms with van der Waals surface area (Å²) in [5.41, 5.74) is 2.20. The summed E-state index contributed by atoms with van der Waals surface area (Å²) in [5.74, 6) is 1.28. The molecule has 2 aromatic rings. The monoisotopic (exact) mass is 280 g/mol. The molecule has 1 aromatic heterocycles. The fourth-order valence-electron chi connectivity index (χ4n) is 1.36. The van der Waals surface area contributed by atoms with Gasteiger partial charge in [-0.15, -0.1) is 0 Å². The van der Waals surface area contributed by atoms with E-state index in [1.807, 2.05) is 24.3 Å². The molecule has 0 aliphatic rings. The van der Waals surface area contributed by atoms with Crippen LogP contribution in [-0.2, 0) is 0 Å². The Hall–Kier alpha value is -1.16. The van der Waals surface area contributed by atoms with Crippen molar-refractivity contribution in [1.29, 1.82) is 0 Å². The Morgan fingerprint density at radius 3 is 2.62 bits per heavy atom. The molecular weight excluding hydrogens is 268 g/mol. The second-order valence-corrected chi connectivity index (χ2v) is 4.80. The third kappa shape index (κ3) is 2.32. The van der Waals surface area contributed by atoms with Crippen LogP contribution in [0.3, 0.4) is 0 Å². The van der Waals surface area contributed by atoms with Gasteiger partial charge in [0.05, 0.1) is 4.83 Å². The maximum Gasteiger partial charge on any atom is 0.240 e. The number of hydrogen-bond donors (Lipinski definition) is 0. The molecule has 1 unspecified atom stereocenters. The van der Waals surface area contributed by atoms with Crippen molar-refractivity contribution in [1.82, 2.24) is 10.1 Å². The van der Waals surface area contributed by atoms with Crippen LogP contribution in [0.15, 0.2) is 28.8 Å². The van der Waals surface area contributed by atoms with Crippen LogP contribution in [0.25, 0.3) is 11.4 Å². The Labute approximate surface area is 103 Å². The average molecular weight is 281 g/mol. The molecule has 0 aliphatic carbocycles. The van der Waals surface area contributed by atoms with Gasteiger partial charge < -0.3 is 4.52 Å². The van der Waals surface area contributed by atoms with E-state index < -0.39 is 0 Å². The Balaban J connectivity index is 2.28. The quantitative estimate of drug-likeness (QED) is 0.801. The summed E-state index contributed by atoms with van der Waals surface area (Å²) in [7, 11) is 0. The molecule has 2 rings (SSSR count). The van der Waals surface area contributed by atoms with Gasteiger partial charge in [-0.2, -0.15) is 4.98 Å². The van der Waals surface area contributed by atoms with Crippen LogP contribution >= 0.6 is 15.9 Å². The first-order valence-electron chi connectivity index (χ1n) is 5.25.